The van der Waals surface area contributed by atoms with Crippen molar-refractivity contribution in [3.8, 4) is 5.75 Å². The summed E-state index contributed by atoms with van der Waals surface area (Å²) in [5.41, 5.74) is 0. The number of rotatable bonds is 3. The first kappa shape index (κ1) is 9.02. The number of ether oxygens (including phenoxy) is 1. The Morgan fingerprint density at radius 2 is 2.36 bits per heavy atom. The van der Waals surface area contributed by atoms with Gasteiger partial charge in [0.15, 0.2) is 5.76 Å². The van der Waals surface area contributed by atoms with Gasteiger partial charge in [0.2, 0.25) is 5.78 Å². The third-order valence-electron chi connectivity index (χ3n) is 1.80. The van der Waals surface area contributed by atoms with E-state index in [1.54, 1.807) is 25.3 Å². The maximum atomic E-state index is 11.8. The molecule has 4 heteroatoms. The normalized spacial score (nSPS) is 10.1. The molecule has 0 radical (unpaired) electrons. The van der Waals surface area contributed by atoms with Crippen molar-refractivity contribution in [3.05, 3.63) is 40.5 Å². The molecule has 2 rings (SSSR count). The Morgan fingerprint density at radius 1 is 1.50 bits per heavy atom. The Balaban J connectivity index is 2.36. The molecule has 0 saturated carbocycles. The molecule has 0 aliphatic rings. The van der Waals surface area contributed by atoms with Crippen molar-refractivity contribution in [1.82, 2.24) is 0 Å². The van der Waals surface area contributed by atoms with Gasteiger partial charge in [0.25, 0.3) is 0 Å². The molecule has 2 heterocycles. The van der Waals surface area contributed by atoms with Crippen LogP contribution in [-0.2, 0) is 0 Å². The molecule has 0 aromatic carbocycles. The lowest BCUT2D eigenvalue weighted by molar-refractivity contribution is 0.101. The molecule has 3 nitrogen and oxygen atoms in total. The molecule has 0 aliphatic carbocycles. The first-order chi connectivity index (χ1) is 6.83. The fourth-order valence-corrected chi connectivity index (χ4v) is 1.95. The second-order valence-corrected chi connectivity index (χ2v) is 3.54. The SMILES string of the molecule is COc1ccsc1C(=O)c1ccco1. The van der Waals surface area contributed by atoms with Gasteiger partial charge >= 0.3 is 0 Å². The van der Waals surface area contributed by atoms with E-state index in [9.17, 15) is 4.79 Å². The van der Waals surface area contributed by atoms with Crippen molar-refractivity contribution in [2.75, 3.05) is 7.11 Å². The predicted octanol–water partition coefficient (Wildman–Crippen LogP) is 2.58. The van der Waals surface area contributed by atoms with Gasteiger partial charge in [-0.15, -0.1) is 11.3 Å². The molecule has 0 bridgehead atoms. The zero-order valence-corrected chi connectivity index (χ0v) is 8.34. The lowest BCUT2D eigenvalue weighted by Crippen LogP contribution is -1.98. The third kappa shape index (κ3) is 1.44. The average molecular weight is 208 g/mol. The molecule has 2 aromatic heterocycles. The van der Waals surface area contributed by atoms with Crippen molar-refractivity contribution in [3.63, 3.8) is 0 Å². The van der Waals surface area contributed by atoms with Crippen LogP contribution in [0.15, 0.2) is 34.3 Å². The average Bonchev–Trinajstić information content (AvgIpc) is 2.87. The van der Waals surface area contributed by atoms with Gasteiger partial charge in [0.1, 0.15) is 10.6 Å². The molecule has 0 N–H and O–H groups in total. The van der Waals surface area contributed by atoms with Gasteiger partial charge in [0, 0.05) is 0 Å². The lowest BCUT2D eigenvalue weighted by atomic mass is 10.2. The molecule has 0 spiro atoms. The van der Waals surface area contributed by atoms with Gasteiger partial charge in [-0.25, -0.2) is 0 Å². The summed E-state index contributed by atoms with van der Waals surface area (Å²) in [7, 11) is 1.54. The molecule has 2 aromatic rings. The summed E-state index contributed by atoms with van der Waals surface area (Å²) >= 11 is 1.35. The van der Waals surface area contributed by atoms with Crippen LogP contribution in [0, 0.1) is 0 Å². The summed E-state index contributed by atoms with van der Waals surface area (Å²) in [6, 6.07) is 5.09. The Kier molecular flexibility index (Phi) is 2.37. The van der Waals surface area contributed by atoms with Crippen molar-refractivity contribution in [2.45, 2.75) is 0 Å². The van der Waals surface area contributed by atoms with Crippen molar-refractivity contribution in [1.29, 1.82) is 0 Å². The van der Waals surface area contributed by atoms with Crippen LogP contribution in [0.25, 0.3) is 0 Å². The summed E-state index contributed by atoms with van der Waals surface area (Å²) in [6.45, 7) is 0. The largest absolute Gasteiger partial charge is 0.495 e. The predicted molar refractivity (Wildman–Crippen MR) is 53.0 cm³/mol. The molecule has 14 heavy (non-hydrogen) atoms. The number of carbonyl (C=O) groups excluding carboxylic acids is 1. The highest BCUT2D eigenvalue weighted by molar-refractivity contribution is 7.12. The second-order valence-electron chi connectivity index (χ2n) is 2.62. The molecule has 0 unspecified atom stereocenters. The lowest BCUT2D eigenvalue weighted by Gasteiger charge is -1.98. The highest BCUT2D eigenvalue weighted by Crippen LogP contribution is 2.27. The topological polar surface area (TPSA) is 39.4 Å². The third-order valence-corrected chi connectivity index (χ3v) is 2.69. The number of ketones is 1. The molecule has 0 atom stereocenters. The minimum absolute atomic E-state index is 0.137. The van der Waals surface area contributed by atoms with E-state index in [0.29, 0.717) is 16.4 Å². The van der Waals surface area contributed by atoms with Gasteiger partial charge in [-0.05, 0) is 23.6 Å². The number of furan rings is 1. The van der Waals surface area contributed by atoms with E-state index in [-0.39, 0.29) is 5.78 Å². The van der Waals surface area contributed by atoms with Crippen molar-refractivity contribution >= 4 is 17.1 Å². The van der Waals surface area contributed by atoms with Gasteiger partial charge in [-0.1, -0.05) is 0 Å². The molecular formula is C10H8O3S. The molecular weight excluding hydrogens is 200 g/mol. The van der Waals surface area contributed by atoms with Crippen LogP contribution in [0.4, 0.5) is 0 Å². The molecule has 0 aliphatic heterocycles. The summed E-state index contributed by atoms with van der Waals surface area (Å²) in [4.78, 5) is 12.4. The van der Waals surface area contributed by atoms with Crippen LogP contribution >= 0.6 is 11.3 Å². The van der Waals surface area contributed by atoms with Crippen molar-refractivity contribution in [2.24, 2.45) is 0 Å². The monoisotopic (exact) mass is 208 g/mol. The van der Waals surface area contributed by atoms with E-state index in [1.807, 2.05) is 5.38 Å². The maximum Gasteiger partial charge on any atom is 0.241 e. The Morgan fingerprint density at radius 3 is 3.00 bits per heavy atom. The second kappa shape index (κ2) is 3.67. The standard InChI is InChI=1S/C10H8O3S/c1-12-8-4-6-14-10(8)9(11)7-3-2-5-13-7/h2-6H,1H3. The highest BCUT2D eigenvalue weighted by Gasteiger charge is 2.17. The highest BCUT2D eigenvalue weighted by atomic mass is 32.1. The number of thiophene rings is 1. The Hall–Kier alpha value is -1.55. The van der Waals surface area contributed by atoms with Crippen molar-refractivity contribution < 1.29 is 13.9 Å². The molecule has 0 fully saturated rings. The van der Waals surface area contributed by atoms with E-state index in [1.165, 1.54) is 17.6 Å². The number of hydrogen-bond donors (Lipinski definition) is 0. The summed E-state index contributed by atoms with van der Waals surface area (Å²) in [5.74, 6) is 0.795. The van der Waals surface area contributed by atoms with E-state index in [4.69, 9.17) is 9.15 Å². The number of hydrogen-bond acceptors (Lipinski definition) is 4. The number of carbonyl (C=O) groups is 1. The van der Waals surface area contributed by atoms with Gasteiger partial charge in [-0.3, -0.25) is 4.79 Å². The van der Waals surface area contributed by atoms with Crippen LogP contribution < -0.4 is 4.74 Å². The summed E-state index contributed by atoms with van der Waals surface area (Å²) in [5, 5.41) is 1.81. The molecule has 72 valence electrons. The summed E-state index contributed by atoms with van der Waals surface area (Å²) in [6.07, 6.45) is 1.48. The minimum atomic E-state index is -0.137. The Bertz CT molecular complexity index is 428. The van der Waals surface area contributed by atoms with E-state index in [2.05, 4.69) is 0 Å². The zero-order chi connectivity index (χ0) is 9.97. The van der Waals surface area contributed by atoms with Crippen LogP contribution in [-0.4, -0.2) is 12.9 Å². The van der Waals surface area contributed by atoms with Gasteiger partial charge in [0.05, 0.1) is 13.4 Å². The zero-order valence-electron chi connectivity index (χ0n) is 7.52. The molecule has 0 saturated heterocycles. The van der Waals surface area contributed by atoms with E-state index < -0.39 is 0 Å². The molecule has 0 amide bonds. The van der Waals surface area contributed by atoms with E-state index in [0.717, 1.165) is 0 Å². The van der Waals surface area contributed by atoms with Crippen LogP contribution in [0.3, 0.4) is 0 Å². The Labute approximate surface area is 84.9 Å². The van der Waals surface area contributed by atoms with Crippen LogP contribution in [0.1, 0.15) is 15.4 Å². The first-order valence-corrected chi connectivity index (χ1v) is 4.90. The minimum Gasteiger partial charge on any atom is -0.495 e. The van der Waals surface area contributed by atoms with Crippen LogP contribution in [0.2, 0.25) is 0 Å². The van der Waals surface area contributed by atoms with E-state index >= 15 is 0 Å². The van der Waals surface area contributed by atoms with Gasteiger partial charge in [-0.2, -0.15) is 0 Å². The fraction of sp³-hybridized carbons (Fsp3) is 0.100. The quantitative estimate of drug-likeness (QED) is 0.728. The summed E-state index contributed by atoms with van der Waals surface area (Å²) < 4.78 is 10.1. The fourth-order valence-electron chi connectivity index (χ4n) is 1.14. The number of methoxy groups -OCH3 is 1. The smallest absolute Gasteiger partial charge is 0.241 e. The van der Waals surface area contributed by atoms with Gasteiger partial charge < -0.3 is 9.15 Å². The first-order valence-electron chi connectivity index (χ1n) is 4.02. The van der Waals surface area contributed by atoms with Crippen LogP contribution in [0.5, 0.6) is 5.75 Å². The maximum absolute atomic E-state index is 11.8.